The highest BCUT2D eigenvalue weighted by molar-refractivity contribution is 5.68. The van der Waals surface area contributed by atoms with E-state index < -0.39 is 5.60 Å². The summed E-state index contributed by atoms with van der Waals surface area (Å²) in [7, 11) is 0. The average molecular weight is 336 g/mol. The van der Waals surface area contributed by atoms with E-state index in [0.29, 0.717) is 31.0 Å². The quantitative estimate of drug-likeness (QED) is 0.769. The van der Waals surface area contributed by atoms with E-state index in [1.807, 2.05) is 20.8 Å². The Morgan fingerprint density at radius 3 is 2.58 bits per heavy atom. The van der Waals surface area contributed by atoms with Gasteiger partial charge >= 0.3 is 6.09 Å². The molecular weight excluding hydrogens is 312 g/mol. The van der Waals surface area contributed by atoms with Crippen molar-refractivity contribution in [1.82, 2.24) is 9.88 Å². The summed E-state index contributed by atoms with van der Waals surface area (Å²) in [6.07, 6.45) is 3.47. The number of nitrogens with zero attached hydrogens (tertiary/aromatic N) is 2. The van der Waals surface area contributed by atoms with E-state index >= 15 is 0 Å². The monoisotopic (exact) mass is 336 g/mol. The fourth-order valence-corrected chi connectivity index (χ4v) is 2.32. The van der Waals surface area contributed by atoms with E-state index in [9.17, 15) is 9.59 Å². The van der Waals surface area contributed by atoms with Crippen LogP contribution < -0.4 is 9.47 Å². The highest BCUT2D eigenvalue weighted by Crippen LogP contribution is 2.21. The molecule has 24 heavy (non-hydrogen) atoms. The zero-order valence-corrected chi connectivity index (χ0v) is 14.4. The number of carbonyl (C=O) groups is 2. The van der Waals surface area contributed by atoms with Crippen molar-refractivity contribution in [3.05, 3.63) is 18.3 Å². The van der Waals surface area contributed by atoms with Gasteiger partial charge in [-0.3, -0.25) is 4.79 Å². The van der Waals surface area contributed by atoms with Crippen LogP contribution in [0, 0.1) is 0 Å². The topological polar surface area (TPSA) is 78.0 Å². The minimum atomic E-state index is -0.482. The number of pyridine rings is 1. The normalized spacial score (nSPS) is 15.7. The first-order valence-corrected chi connectivity index (χ1v) is 8.04. The average Bonchev–Trinajstić information content (AvgIpc) is 2.53. The molecule has 7 heteroatoms. The predicted octanol–water partition coefficient (Wildman–Crippen LogP) is 2.44. The maximum atomic E-state index is 12.0. The number of ether oxygens (including phenoxy) is 3. The minimum absolute atomic E-state index is 0.0175. The van der Waals surface area contributed by atoms with Gasteiger partial charge in [0, 0.05) is 32.0 Å². The first-order valence-electron chi connectivity index (χ1n) is 8.04. The fourth-order valence-electron chi connectivity index (χ4n) is 2.32. The fraction of sp³-hybridized carbons (Fsp3) is 0.588. The largest absolute Gasteiger partial charge is 0.489 e. The zero-order valence-electron chi connectivity index (χ0n) is 14.4. The van der Waals surface area contributed by atoms with Gasteiger partial charge < -0.3 is 19.1 Å². The molecule has 0 saturated carbocycles. The van der Waals surface area contributed by atoms with E-state index in [-0.39, 0.29) is 18.8 Å². The third kappa shape index (κ3) is 5.72. The highest BCUT2D eigenvalue weighted by atomic mass is 16.6. The molecular formula is C17H24N2O5. The maximum absolute atomic E-state index is 12.0. The van der Waals surface area contributed by atoms with Gasteiger partial charge in [-0.1, -0.05) is 0 Å². The van der Waals surface area contributed by atoms with Gasteiger partial charge in [-0.05, 0) is 26.8 Å². The van der Waals surface area contributed by atoms with E-state index in [1.54, 1.807) is 23.2 Å². The van der Waals surface area contributed by atoms with Crippen molar-refractivity contribution in [3.63, 3.8) is 0 Å². The Morgan fingerprint density at radius 2 is 2.04 bits per heavy atom. The first kappa shape index (κ1) is 18.0. The van der Waals surface area contributed by atoms with Crippen molar-refractivity contribution in [2.24, 2.45) is 0 Å². The maximum Gasteiger partial charge on any atom is 0.410 e. The lowest BCUT2D eigenvalue weighted by Crippen LogP contribution is -2.44. The summed E-state index contributed by atoms with van der Waals surface area (Å²) in [6, 6.07) is 3.42. The van der Waals surface area contributed by atoms with E-state index in [4.69, 9.17) is 14.2 Å². The minimum Gasteiger partial charge on any atom is -0.489 e. The molecule has 0 unspecified atom stereocenters. The van der Waals surface area contributed by atoms with Crippen molar-refractivity contribution in [1.29, 1.82) is 0 Å². The van der Waals surface area contributed by atoms with Gasteiger partial charge in [0.25, 0.3) is 0 Å². The zero-order chi connectivity index (χ0) is 17.6. The van der Waals surface area contributed by atoms with Gasteiger partial charge in [-0.2, -0.15) is 0 Å². The Kier molecular flexibility index (Phi) is 6.00. The third-order valence-electron chi connectivity index (χ3n) is 3.40. The molecule has 1 amide bonds. The molecule has 1 saturated heterocycles. The Labute approximate surface area is 141 Å². The summed E-state index contributed by atoms with van der Waals surface area (Å²) >= 11 is 0. The molecule has 2 heterocycles. The molecule has 7 nitrogen and oxygen atoms in total. The highest BCUT2D eigenvalue weighted by Gasteiger charge is 2.27. The van der Waals surface area contributed by atoms with Gasteiger partial charge in [-0.15, -0.1) is 0 Å². The number of amides is 1. The molecule has 1 aliphatic heterocycles. The van der Waals surface area contributed by atoms with Crippen LogP contribution in [0.25, 0.3) is 0 Å². The molecule has 0 atom stereocenters. The summed E-state index contributed by atoms with van der Waals surface area (Å²) < 4.78 is 16.3. The van der Waals surface area contributed by atoms with Gasteiger partial charge in [0.15, 0.2) is 6.29 Å². The molecule has 1 fully saturated rings. The number of aldehydes is 1. The second-order valence-electron chi connectivity index (χ2n) is 6.59. The Balaban J connectivity index is 1.78. The number of carbonyl (C=O) groups excluding carboxylic acids is 2. The predicted molar refractivity (Wildman–Crippen MR) is 87.3 cm³/mol. The second kappa shape index (κ2) is 7.99. The number of piperidine rings is 1. The van der Waals surface area contributed by atoms with Crippen LogP contribution in [0.2, 0.25) is 0 Å². The molecule has 0 aromatic carbocycles. The Morgan fingerprint density at radius 1 is 1.33 bits per heavy atom. The summed E-state index contributed by atoms with van der Waals surface area (Å²) in [5, 5.41) is 0. The molecule has 0 radical (unpaired) electrons. The lowest BCUT2D eigenvalue weighted by molar-refractivity contribution is -0.109. The van der Waals surface area contributed by atoms with Gasteiger partial charge in [-0.25, -0.2) is 9.78 Å². The van der Waals surface area contributed by atoms with E-state index in [0.717, 1.165) is 12.8 Å². The van der Waals surface area contributed by atoms with Crippen molar-refractivity contribution in [3.8, 4) is 11.6 Å². The van der Waals surface area contributed by atoms with Crippen LogP contribution in [0.1, 0.15) is 33.6 Å². The number of hydrogen-bond donors (Lipinski definition) is 0. The molecule has 0 N–H and O–H groups in total. The van der Waals surface area contributed by atoms with Crippen molar-refractivity contribution in [2.45, 2.75) is 45.3 Å². The van der Waals surface area contributed by atoms with Crippen LogP contribution in [0.4, 0.5) is 4.79 Å². The smallest absolute Gasteiger partial charge is 0.410 e. The molecule has 0 bridgehead atoms. The van der Waals surface area contributed by atoms with Gasteiger partial charge in [0.2, 0.25) is 5.88 Å². The number of aromatic nitrogens is 1. The molecule has 1 aromatic heterocycles. The van der Waals surface area contributed by atoms with E-state index in [2.05, 4.69) is 4.98 Å². The SMILES string of the molecule is CC(C)(C)OC(=O)N1CCC(Oc2ccc(OCC=O)nc2)CC1. The van der Waals surface area contributed by atoms with Crippen molar-refractivity contribution < 1.29 is 23.8 Å². The van der Waals surface area contributed by atoms with Crippen LogP contribution >= 0.6 is 0 Å². The second-order valence-corrected chi connectivity index (χ2v) is 6.59. The van der Waals surface area contributed by atoms with Crippen LogP contribution in [0.3, 0.4) is 0 Å². The van der Waals surface area contributed by atoms with E-state index in [1.165, 1.54) is 0 Å². The first-order chi connectivity index (χ1) is 11.4. The van der Waals surface area contributed by atoms with Gasteiger partial charge in [0.1, 0.15) is 24.1 Å². The molecule has 0 aliphatic carbocycles. The third-order valence-corrected chi connectivity index (χ3v) is 3.40. The lowest BCUT2D eigenvalue weighted by atomic mass is 10.1. The summed E-state index contributed by atoms with van der Waals surface area (Å²) in [6.45, 7) is 6.76. The van der Waals surface area contributed by atoms with Crippen LogP contribution in [0.5, 0.6) is 11.6 Å². The van der Waals surface area contributed by atoms with Gasteiger partial charge in [0.05, 0.1) is 6.20 Å². The lowest BCUT2D eigenvalue weighted by Gasteiger charge is -2.33. The summed E-state index contributed by atoms with van der Waals surface area (Å²) in [5.74, 6) is 1.03. The summed E-state index contributed by atoms with van der Waals surface area (Å²) in [4.78, 5) is 28.0. The Bertz CT molecular complexity index is 545. The molecule has 1 aliphatic rings. The number of rotatable bonds is 5. The van der Waals surface area contributed by atoms with Crippen LogP contribution in [-0.2, 0) is 9.53 Å². The van der Waals surface area contributed by atoms with Crippen LogP contribution in [0.15, 0.2) is 18.3 Å². The molecule has 2 rings (SSSR count). The molecule has 0 spiro atoms. The standard InChI is InChI=1S/C17H24N2O5/c1-17(2,3)24-16(21)19-8-6-13(7-9-19)23-14-4-5-15(18-12-14)22-11-10-20/h4-5,10,12-13H,6-9,11H2,1-3H3. The van der Waals surface area contributed by atoms with Crippen molar-refractivity contribution >= 4 is 12.4 Å². The number of likely N-dealkylation sites (tertiary alicyclic amines) is 1. The Hall–Kier alpha value is -2.31. The van der Waals surface area contributed by atoms with Crippen LogP contribution in [-0.4, -0.2) is 53.7 Å². The molecule has 132 valence electrons. The molecule has 1 aromatic rings. The summed E-state index contributed by atoms with van der Waals surface area (Å²) in [5.41, 5.74) is -0.482. The number of hydrogen-bond acceptors (Lipinski definition) is 6. The van der Waals surface area contributed by atoms with Crippen molar-refractivity contribution in [2.75, 3.05) is 19.7 Å².